The summed E-state index contributed by atoms with van der Waals surface area (Å²) in [5, 5.41) is 0. The maximum absolute atomic E-state index is 6.20. The van der Waals surface area contributed by atoms with Crippen molar-refractivity contribution in [1.29, 1.82) is 0 Å². The Hall–Kier alpha value is -0.980. The summed E-state index contributed by atoms with van der Waals surface area (Å²) >= 11 is 0. The van der Waals surface area contributed by atoms with Crippen molar-refractivity contribution in [1.82, 2.24) is 0 Å². The molecule has 1 saturated carbocycles. The molecule has 1 nitrogen and oxygen atoms in total. The van der Waals surface area contributed by atoms with Gasteiger partial charge in [0, 0.05) is 6.42 Å². The van der Waals surface area contributed by atoms with E-state index in [-0.39, 0.29) is 5.60 Å². The van der Waals surface area contributed by atoms with Gasteiger partial charge in [-0.05, 0) is 30.9 Å². The van der Waals surface area contributed by atoms with Crippen LogP contribution >= 0.6 is 0 Å². The van der Waals surface area contributed by atoms with Gasteiger partial charge in [-0.2, -0.15) is 12.8 Å². The summed E-state index contributed by atoms with van der Waals surface area (Å²) in [5.74, 6) is 1.13. The van der Waals surface area contributed by atoms with E-state index in [9.17, 15) is 0 Å². The predicted molar refractivity (Wildman–Crippen MR) is 61.1 cm³/mol. The number of hydrogen-bond donors (Lipinski definition) is 0. The Morgan fingerprint density at radius 1 is 1.13 bits per heavy atom. The zero-order chi connectivity index (χ0) is 10.1. The van der Waals surface area contributed by atoms with Gasteiger partial charge in [-0.25, -0.2) is 0 Å². The van der Waals surface area contributed by atoms with E-state index in [1.165, 1.54) is 31.3 Å². The molecule has 3 aliphatic rings. The first-order valence-corrected chi connectivity index (χ1v) is 5.95. The molecule has 0 N–H and O–H groups in total. The lowest BCUT2D eigenvalue weighted by atomic mass is 9.81. The lowest BCUT2D eigenvalue weighted by Gasteiger charge is -2.37. The van der Waals surface area contributed by atoms with Crippen LogP contribution in [-0.2, 0) is 4.74 Å². The van der Waals surface area contributed by atoms with Gasteiger partial charge in [0.15, 0.2) is 0 Å². The van der Waals surface area contributed by atoms with Crippen LogP contribution in [0, 0.1) is 6.42 Å². The summed E-state index contributed by atoms with van der Waals surface area (Å²) in [4.78, 5) is 0. The average molecular weight is 201 g/mol. The van der Waals surface area contributed by atoms with Crippen molar-refractivity contribution >= 4 is 0 Å². The van der Waals surface area contributed by atoms with Gasteiger partial charge in [0.1, 0.15) is 11.4 Å². The number of allylic oxidation sites excluding steroid dienone is 4. The van der Waals surface area contributed by atoms with E-state index < -0.39 is 0 Å². The lowest BCUT2D eigenvalue weighted by molar-refractivity contribution is 0.00679. The second-order valence-electron chi connectivity index (χ2n) is 4.76. The first-order valence-electron chi connectivity index (χ1n) is 5.95. The molecular weight excluding hydrogens is 184 g/mol. The molecule has 2 aliphatic carbocycles. The fraction of sp³-hybridized carbons (Fsp3) is 0.500. The molecule has 0 radical (unpaired) electrons. The van der Waals surface area contributed by atoms with Crippen LogP contribution < -0.4 is 0 Å². The maximum atomic E-state index is 6.20. The van der Waals surface area contributed by atoms with Crippen LogP contribution in [0.15, 0.2) is 35.6 Å². The Balaban J connectivity index is 1.83. The molecular formula is C14H17O-. The van der Waals surface area contributed by atoms with E-state index in [1.807, 2.05) is 0 Å². The van der Waals surface area contributed by atoms with Gasteiger partial charge in [0.2, 0.25) is 0 Å². The van der Waals surface area contributed by atoms with Gasteiger partial charge in [-0.1, -0.05) is 18.2 Å². The van der Waals surface area contributed by atoms with Crippen LogP contribution in [0.3, 0.4) is 0 Å². The van der Waals surface area contributed by atoms with Crippen LogP contribution in [-0.4, -0.2) is 5.60 Å². The van der Waals surface area contributed by atoms with Crippen molar-refractivity contribution in [2.75, 3.05) is 0 Å². The Bertz CT molecular complexity index is 314. The van der Waals surface area contributed by atoms with E-state index in [0.717, 1.165) is 18.6 Å². The summed E-state index contributed by atoms with van der Waals surface area (Å²) in [5.41, 5.74) is 1.55. The molecule has 0 aromatic heterocycles. The minimum Gasteiger partial charge on any atom is -0.487 e. The highest BCUT2D eigenvalue weighted by Crippen LogP contribution is 2.44. The normalized spacial score (nSPS) is 27.7. The molecule has 1 spiro atoms. The number of hydrogen-bond acceptors (Lipinski definition) is 1. The van der Waals surface area contributed by atoms with E-state index in [4.69, 9.17) is 4.74 Å². The highest BCUT2D eigenvalue weighted by Gasteiger charge is 2.38. The first kappa shape index (κ1) is 9.26. The van der Waals surface area contributed by atoms with Gasteiger partial charge in [-0.15, -0.1) is 0 Å². The molecule has 1 aliphatic heterocycles. The van der Waals surface area contributed by atoms with Gasteiger partial charge < -0.3 is 11.2 Å². The summed E-state index contributed by atoms with van der Waals surface area (Å²) in [7, 11) is 0. The molecule has 1 heterocycles. The van der Waals surface area contributed by atoms with Gasteiger partial charge in [0.25, 0.3) is 0 Å². The smallest absolute Gasteiger partial charge is 0.123 e. The lowest BCUT2D eigenvalue weighted by Crippen LogP contribution is -2.31. The van der Waals surface area contributed by atoms with Crippen molar-refractivity contribution < 1.29 is 4.74 Å². The van der Waals surface area contributed by atoms with Gasteiger partial charge in [-0.3, -0.25) is 0 Å². The molecule has 1 fully saturated rings. The molecule has 1 heteroatoms. The molecule has 0 unspecified atom stereocenters. The Morgan fingerprint density at radius 3 is 2.80 bits per heavy atom. The second-order valence-corrected chi connectivity index (χ2v) is 4.76. The van der Waals surface area contributed by atoms with Crippen LogP contribution in [0.5, 0.6) is 0 Å². The molecule has 0 saturated heterocycles. The van der Waals surface area contributed by atoms with Crippen LogP contribution in [0.25, 0.3) is 0 Å². The maximum Gasteiger partial charge on any atom is 0.123 e. The zero-order valence-electron chi connectivity index (χ0n) is 9.04. The zero-order valence-corrected chi connectivity index (χ0v) is 9.04. The monoisotopic (exact) mass is 201 g/mol. The third-order valence-electron chi connectivity index (χ3n) is 3.62. The number of rotatable bonds is 0. The van der Waals surface area contributed by atoms with Crippen molar-refractivity contribution in [3.63, 3.8) is 0 Å². The predicted octanol–water partition coefficient (Wildman–Crippen LogP) is 3.69. The molecule has 80 valence electrons. The molecule has 0 amide bonds. The van der Waals surface area contributed by atoms with Crippen molar-refractivity contribution in [3.05, 3.63) is 42.1 Å². The van der Waals surface area contributed by atoms with E-state index in [1.54, 1.807) is 0 Å². The minimum absolute atomic E-state index is 0.144. The molecule has 0 aromatic rings. The summed E-state index contributed by atoms with van der Waals surface area (Å²) in [6, 6.07) is 0. The quantitative estimate of drug-likeness (QED) is 0.543. The average Bonchev–Trinajstić information content (AvgIpc) is 2.44. The molecule has 0 bridgehead atoms. The van der Waals surface area contributed by atoms with E-state index >= 15 is 0 Å². The summed E-state index contributed by atoms with van der Waals surface area (Å²) in [6.07, 6.45) is 18.2. The Kier molecular flexibility index (Phi) is 2.19. The highest BCUT2D eigenvalue weighted by atomic mass is 16.5. The second kappa shape index (κ2) is 3.55. The molecule has 0 aromatic carbocycles. The Morgan fingerprint density at radius 2 is 1.93 bits per heavy atom. The van der Waals surface area contributed by atoms with Crippen LogP contribution in [0.1, 0.15) is 38.5 Å². The van der Waals surface area contributed by atoms with E-state index in [0.29, 0.717) is 0 Å². The van der Waals surface area contributed by atoms with Crippen molar-refractivity contribution in [2.24, 2.45) is 0 Å². The standard InChI is InChI=1S/C14H17O/c1-3-7-12-11-14(9-5-2-6-10-14)15-13(12)8-4-1/h2-4,7-8H,1,5-6,9-11H2/q-1. The van der Waals surface area contributed by atoms with Gasteiger partial charge >= 0.3 is 0 Å². The summed E-state index contributed by atoms with van der Waals surface area (Å²) < 4.78 is 6.20. The van der Waals surface area contributed by atoms with Crippen LogP contribution in [0.2, 0.25) is 0 Å². The number of ether oxygens (including phenoxy) is 1. The Labute approximate surface area is 91.5 Å². The van der Waals surface area contributed by atoms with Crippen LogP contribution in [0.4, 0.5) is 0 Å². The SMILES string of the molecule is C1=CC2=C(C=CC1)OC1(CC[CH-]CC1)C2. The van der Waals surface area contributed by atoms with Crippen molar-refractivity contribution in [3.8, 4) is 0 Å². The van der Waals surface area contributed by atoms with E-state index in [2.05, 4.69) is 30.7 Å². The topological polar surface area (TPSA) is 9.23 Å². The van der Waals surface area contributed by atoms with Crippen molar-refractivity contribution in [2.45, 2.75) is 44.1 Å². The molecule has 15 heavy (non-hydrogen) atoms. The third kappa shape index (κ3) is 1.64. The molecule has 3 rings (SSSR count). The fourth-order valence-electron chi connectivity index (χ4n) is 2.79. The highest BCUT2D eigenvalue weighted by molar-refractivity contribution is 5.37. The molecule has 0 atom stereocenters. The largest absolute Gasteiger partial charge is 0.487 e. The van der Waals surface area contributed by atoms with Gasteiger partial charge in [0.05, 0.1) is 0 Å². The summed E-state index contributed by atoms with van der Waals surface area (Å²) in [6.45, 7) is 0. The minimum atomic E-state index is 0.144. The first-order chi connectivity index (χ1) is 7.38. The third-order valence-corrected chi connectivity index (χ3v) is 3.62. The fourth-order valence-corrected chi connectivity index (χ4v) is 2.79.